The zero-order valence-electron chi connectivity index (χ0n) is 11.1. The van der Waals surface area contributed by atoms with Crippen molar-refractivity contribution in [1.82, 2.24) is 4.98 Å². The van der Waals surface area contributed by atoms with E-state index in [0.717, 1.165) is 6.42 Å². The van der Waals surface area contributed by atoms with E-state index in [9.17, 15) is 10.1 Å². The van der Waals surface area contributed by atoms with Crippen molar-refractivity contribution in [3.8, 4) is 0 Å². The molecule has 106 valence electrons. The van der Waals surface area contributed by atoms with Gasteiger partial charge in [0.15, 0.2) is 0 Å². The van der Waals surface area contributed by atoms with Crippen molar-refractivity contribution in [3.63, 3.8) is 0 Å². The molecule has 0 saturated carbocycles. The van der Waals surface area contributed by atoms with E-state index in [1.807, 2.05) is 0 Å². The van der Waals surface area contributed by atoms with E-state index < -0.39 is 4.92 Å². The molecule has 5 nitrogen and oxygen atoms in total. The maximum absolute atomic E-state index is 10.7. The molecule has 0 bridgehead atoms. The largest absolute Gasteiger partial charge is 0.366 e. The zero-order chi connectivity index (χ0) is 14.7. The van der Waals surface area contributed by atoms with E-state index in [-0.39, 0.29) is 11.7 Å². The Morgan fingerprint density at radius 2 is 2.30 bits per heavy atom. The van der Waals surface area contributed by atoms with Crippen LogP contribution in [0.3, 0.4) is 0 Å². The first-order valence-electron chi connectivity index (χ1n) is 6.07. The summed E-state index contributed by atoms with van der Waals surface area (Å²) in [7, 11) is 0. The summed E-state index contributed by atoms with van der Waals surface area (Å²) in [5.74, 6) is 0.622. The van der Waals surface area contributed by atoms with Gasteiger partial charge in [-0.15, -0.1) is 11.3 Å². The van der Waals surface area contributed by atoms with Gasteiger partial charge >= 0.3 is 0 Å². The molecule has 1 N–H and O–H groups in total. The molecule has 0 amide bonds. The van der Waals surface area contributed by atoms with E-state index in [2.05, 4.69) is 52.2 Å². The van der Waals surface area contributed by atoms with Gasteiger partial charge in [0.25, 0.3) is 5.69 Å². The lowest BCUT2D eigenvalue weighted by Crippen LogP contribution is -2.18. The number of rotatable bonds is 5. The maximum Gasteiger partial charge on any atom is 0.288 e. The highest BCUT2D eigenvalue weighted by Gasteiger charge is 2.13. The number of halogens is 1. The number of aryl methyl sites for hydroxylation is 1. The van der Waals surface area contributed by atoms with Gasteiger partial charge in [0.2, 0.25) is 0 Å². The number of nitrogens with zero attached hydrogens (tertiary/aromatic N) is 2. The van der Waals surface area contributed by atoms with Gasteiger partial charge in [-0.05, 0) is 41.9 Å². The van der Waals surface area contributed by atoms with Crippen molar-refractivity contribution in [2.75, 3.05) is 5.32 Å². The smallest absolute Gasteiger partial charge is 0.288 e. The highest BCUT2D eigenvalue weighted by molar-refractivity contribution is 9.10. The van der Waals surface area contributed by atoms with Crippen LogP contribution in [-0.2, 0) is 6.42 Å². The number of aromatic nitrogens is 1. The first-order valence-corrected chi connectivity index (χ1v) is 7.68. The summed E-state index contributed by atoms with van der Waals surface area (Å²) in [6.45, 7) is 4.14. The van der Waals surface area contributed by atoms with Crippen LogP contribution in [0.25, 0.3) is 0 Å². The minimum Gasteiger partial charge on any atom is -0.366 e. The van der Waals surface area contributed by atoms with Crippen molar-refractivity contribution in [2.24, 2.45) is 0 Å². The second-order valence-electron chi connectivity index (χ2n) is 4.54. The fourth-order valence-electron chi connectivity index (χ4n) is 1.81. The van der Waals surface area contributed by atoms with Gasteiger partial charge < -0.3 is 5.32 Å². The molecule has 0 aliphatic rings. The van der Waals surface area contributed by atoms with Crippen molar-refractivity contribution in [3.05, 3.63) is 48.7 Å². The quantitative estimate of drug-likeness (QED) is 0.645. The van der Waals surface area contributed by atoms with Crippen molar-refractivity contribution < 1.29 is 4.92 Å². The van der Waals surface area contributed by atoms with Crippen LogP contribution < -0.4 is 5.32 Å². The Hall–Kier alpha value is -1.47. The predicted octanol–water partition coefficient (Wildman–Crippen LogP) is 4.17. The molecule has 0 fully saturated rings. The van der Waals surface area contributed by atoms with Crippen LogP contribution in [0.1, 0.15) is 16.7 Å². The molecule has 0 aromatic carbocycles. The van der Waals surface area contributed by atoms with Crippen molar-refractivity contribution in [2.45, 2.75) is 26.3 Å². The van der Waals surface area contributed by atoms with Crippen LogP contribution >= 0.6 is 27.3 Å². The molecule has 2 aromatic heterocycles. The molecule has 2 aromatic rings. The van der Waals surface area contributed by atoms with Crippen molar-refractivity contribution in [1.29, 1.82) is 0 Å². The van der Waals surface area contributed by atoms with Crippen LogP contribution in [0.2, 0.25) is 0 Å². The third kappa shape index (κ3) is 3.77. The SMILES string of the molecule is Cc1ccc(CC(C)Nc2ncc([N+](=O)[O-])cc2Br)s1. The summed E-state index contributed by atoms with van der Waals surface area (Å²) in [6.07, 6.45) is 2.15. The molecule has 1 atom stereocenters. The topological polar surface area (TPSA) is 68.1 Å². The molecule has 0 aliphatic carbocycles. The molecule has 2 rings (SSSR count). The Bertz CT molecular complexity index is 630. The predicted molar refractivity (Wildman–Crippen MR) is 84.4 cm³/mol. The molecular formula is C13H14BrN3O2S. The summed E-state index contributed by atoms with van der Waals surface area (Å²) in [4.78, 5) is 16.9. The second-order valence-corrected chi connectivity index (χ2v) is 6.77. The summed E-state index contributed by atoms with van der Waals surface area (Å²) in [5.41, 5.74) is -0.0241. The molecule has 2 heterocycles. The summed E-state index contributed by atoms with van der Waals surface area (Å²) in [5, 5.41) is 13.9. The number of hydrogen-bond acceptors (Lipinski definition) is 5. The molecule has 0 spiro atoms. The average molecular weight is 356 g/mol. The Kier molecular flexibility index (Phi) is 4.72. The van der Waals surface area contributed by atoms with Gasteiger partial charge in [-0.1, -0.05) is 0 Å². The van der Waals surface area contributed by atoms with Gasteiger partial charge in [-0.3, -0.25) is 10.1 Å². The van der Waals surface area contributed by atoms with Crippen LogP contribution in [-0.4, -0.2) is 15.9 Å². The minimum atomic E-state index is -0.459. The molecular weight excluding hydrogens is 342 g/mol. The lowest BCUT2D eigenvalue weighted by atomic mass is 10.2. The van der Waals surface area contributed by atoms with Crippen LogP contribution in [0.4, 0.5) is 11.5 Å². The number of hydrogen-bond donors (Lipinski definition) is 1. The fourth-order valence-corrected chi connectivity index (χ4v) is 3.29. The standard InChI is InChI=1S/C13H14BrN3O2S/c1-8(5-11-4-3-9(2)20-11)16-13-12(14)6-10(7-15-13)17(18)19/h3-4,6-8H,5H2,1-2H3,(H,15,16). The van der Waals surface area contributed by atoms with E-state index in [1.54, 1.807) is 11.3 Å². The van der Waals surface area contributed by atoms with Crippen LogP contribution in [0.5, 0.6) is 0 Å². The first-order chi connectivity index (χ1) is 9.45. The summed E-state index contributed by atoms with van der Waals surface area (Å²) in [6, 6.07) is 5.87. The highest BCUT2D eigenvalue weighted by atomic mass is 79.9. The lowest BCUT2D eigenvalue weighted by molar-refractivity contribution is -0.385. The minimum absolute atomic E-state index is 0.0241. The third-order valence-corrected chi connectivity index (χ3v) is 4.35. The van der Waals surface area contributed by atoms with Crippen molar-refractivity contribution >= 4 is 38.8 Å². The highest BCUT2D eigenvalue weighted by Crippen LogP contribution is 2.25. The zero-order valence-corrected chi connectivity index (χ0v) is 13.5. The monoisotopic (exact) mass is 355 g/mol. The third-order valence-electron chi connectivity index (χ3n) is 2.72. The molecule has 0 radical (unpaired) electrons. The fraction of sp³-hybridized carbons (Fsp3) is 0.308. The van der Waals surface area contributed by atoms with Crippen LogP contribution in [0, 0.1) is 17.0 Å². The van der Waals surface area contributed by atoms with E-state index in [1.165, 1.54) is 22.0 Å². The number of pyridine rings is 1. The Labute approximate surface area is 129 Å². The molecule has 7 heteroatoms. The Morgan fingerprint density at radius 1 is 1.55 bits per heavy atom. The summed E-state index contributed by atoms with van der Waals surface area (Å²) < 4.78 is 0.598. The Balaban J connectivity index is 2.04. The van der Waals surface area contributed by atoms with E-state index in [0.29, 0.717) is 10.3 Å². The number of nitrogens with one attached hydrogen (secondary N) is 1. The van der Waals surface area contributed by atoms with Gasteiger partial charge in [-0.2, -0.15) is 0 Å². The van der Waals surface area contributed by atoms with Crippen LogP contribution in [0.15, 0.2) is 28.9 Å². The first kappa shape index (κ1) is 14.9. The Morgan fingerprint density at radius 3 is 2.85 bits per heavy atom. The second kappa shape index (κ2) is 6.32. The maximum atomic E-state index is 10.7. The van der Waals surface area contributed by atoms with E-state index in [4.69, 9.17) is 0 Å². The van der Waals surface area contributed by atoms with Gasteiger partial charge in [-0.25, -0.2) is 4.98 Å². The lowest BCUT2D eigenvalue weighted by Gasteiger charge is -2.14. The van der Waals surface area contributed by atoms with Gasteiger partial charge in [0, 0.05) is 28.3 Å². The number of anilines is 1. The van der Waals surface area contributed by atoms with Gasteiger partial charge in [0.05, 0.1) is 9.40 Å². The molecule has 0 aliphatic heterocycles. The van der Waals surface area contributed by atoms with Gasteiger partial charge in [0.1, 0.15) is 12.0 Å². The molecule has 0 saturated heterocycles. The molecule has 1 unspecified atom stereocenters. The number of thiophene rings is 1. The normalized spacial score (nSPS) is 12.2. The average Bonchev–Trinajstić information content (AvgIpc) is 2.77. The molecule has 20 heavy (non-hydrogen) atoms. The summed E-state index contributed by atoms with van der Waals surface area (Å²) >= 11 is 5.08. The number of nitro groups is 1. The van der Waals surface area contributed by atoms with E-state index >= 15 is 0 Å².